The fraction of sp³-hybridized carbons (Fsp3) is 0.235. The van der Waals surface area contributed by atoms with Crippen LogP contribution in [0.3, 0.4) is 0 Å². The number of hydrogen-bond donors (Lipinski definition) is 0. The molecule has 4 heteroatoms. The monoisotopic (exact) mass is 315 g/mol. The molecule has 2 nitrogen and oxygen atoms in total. The zero-order valence-electron chi connectivity index (χ0n) is 11.9. The number of nitrogens with zero attached hydrogens (tertiary/aromatic N) is 1. The molecule has 1 heterocycles. The van der Waals surface area contributed by atoms with E-state index in [1.165, 1.54) is 10.3 Å². The number of aromatic nitrogens is 1. The van der Waals surface area contributed by atoms with Crippen LogP contribution in [0.25, 0.3) is 10.2 Å². The van der Waals surface area contributed by atoms with Crippen LogP contribution in [0, 0.1) is 0 Å². The van der Waals surface area contributed by atoms with Crippen LogP contribution in [0.2, 0.25) is 0 Å². The SMILES string of the molecule is CCOc1ccc2nc(SCCc3ccccc3)sc2c1. The number of aryl methyl sites for hydroxylation is 1. The van der Waals surface area contributed by atoms with E-state index in [0.29, 0.717) is 6.61 Å². The highest BCUT2D eigenvalue weighted by atomic mass is 32.2. The third-order valence-corrected chi connectivity index (χ3v) is 5.27. The lowest BCUT2D eigenvalue weighted by Crippen LogP contribution is -1.89. The predicted octanol–water partition coefficient (Wildman–Crippen LogP) is 5.03. The minimum Gasteiger partial charge on any atom is -0.494 e. The standard InChI is InChI=1S/C17H17NOS2/c1-2-19-14-8-9-15-16(12-14)21-17(18-15)20-11-10-13-6-4-3-5-7-13/h3-9,12H,2,10-11H2,1H3. The van der Waals surface area contributed by atoms with Crippen LogP contribution in [0.1, 0.15) is 12.5 Å². The van der Waals surface area contributed by atoms with E-state index in [-0.39, 0.29) is 0 Å². The topological polar surface area (TPSA) is 22.1 Å². The maximum absolute atomic E-state index is 5.53. The van der Waals surface area contributed by atoms with Crippen LogP contribution in [0.15, 0.2) is 52.9 Å². The van der Waals surface area contributed by atoms with Gasteiger partial charge in [-0.15, -0.1) is 11.3 Å². The van der Waals surface area contributed by atoms with Crippen molar-refractivity contribution in [1.29, 1.82) is 0 Å². The zero-order valence-corrected chi connectivity index (χ0v) is 13.5. The van der Waals surface area contributed by atoms with E-state index >= 15 is 0 Å². The molecule has 2 aromatic carbocycles. The van der Waals surface area contributed by atoms with Crippen molar-refractivity contribution in [3.8, 4) is 5.75 Å². The molecule has 0 saturated heterocycles. The third-order valence-electron chi connectivity index (χ3n) is 3.11. The first-order valence-electron chi connectivity index (χ1n) is 7.05. The molecule has 0 atom stereocenters. The molecule has 0 fully saturated rings. The fourth-order valence-electron chi connectivity index (χ4n) is 2.10. The van der Waals surface area contributed by atoms with Gasteiger partial charge in [-0.2, -0.15) is 0 Å². The van der Waals surface area contributed by atoms with Crippen LogP contribution in [0.4, 0.5) is 0 Å². The number of hydrogen-bond acceptors (Lipinski definition) is 4. The van der Waals surface area contributed by atoms with Gasteiger partial charge in [0.15, 0.2) is 4.34 Å². The Kier molecular flexibility index (Phi) is 4.78. The quantitative estimate of drug-likeness (QED) is 0.596. The maximum Gasteiger partial charge on any atom is 0.151 e. The van der Waals surface area contributed by atoms with Gasteiger partial charge >= 0.3 is 0 Å². The summed E-state index contributed by atoms with van der Waals surface area (Å²) in [4.78, 5) is 4.67. The molecular formula is C17H17NOS2. The Balaban J connectivity index is 1.64. The molecule has 0 aliphatic heterocycles. The molecule has 0 aliphatic carbocycles. The molecule has 0 N–H and O–H groups in total. The van der Waals surface area contributed by atoms with Crippen molar-refractivity contribution in [2.24, 2.45) is 0 Å². The first-order chi connectivity index (χ1) is 10.3. The number of rotatable bonds is 6. The molecule has 0 spiro atoms. The van der Waals surface area contributed by atoms with Crippen molar-refractivity contribution in [2.45, 2.75) is 17.7 Å². The molecule has 3 aromatic rings. The summed E-state index contributed by atoms with van der Waals surface area (Å²) in [7, 11) is 0. The highest BCUT2D eigenvalue weighted by Gasteiger charge is 2.06. The molecule has 0 bridgehead atoms. The van der Waals surface area contributed by atoms with Gasteiger partial charge in [0.05, 0.1) is 16.8 Å². The van der Waals surface area contributed by atoms with Crippen molar-refractivity contribution in [3.05, 3.63) is 54.1 Å². The van der Waals surface area contributed by atoms with Crippen LogP contribution in [0.5, 0.6) is 5.75 Å². The van der Waals surface area contributed by atoms with Gasteiger partial charge in [-0.3, -0.25) is 0 Å². The lowest BCUT2D eigenvalue weighted by Gasteiger charge is -2.00. The Morgan fingerprint density at radius 2 is 2.00 bits per heavy atom. The molecule has 1 aromatic heterocycles. The van der Waals surface area contributed by atoms with Gasteiger partial charge in [0, 0.05) is 5.75 Å². The number of benzene rings is 2. The minimum absolute atomic E-state index is 0.697. The van der Waals surface area contributed by atoms with Gasteiger partial charge in [0.2, 0.25) is 0 Å². The Morgan fingerprint density at radius 3 is 2.81 bits per heavy atom. The van der Waals surface area contributed by atoms with Gasteiger partial charge in [-0.25, -0.2) is 4.98 Å². The number of fused-ring (bicyclic) bond motifs is 1. The summed E-state index contributed by atoms with van der Waals surface area (Å²) in [6, 6.07) is 16.7. The van der Waals surface area contributed by atoms with Crippen molar-refractivity contribution in [2.75, 3.05) is 12.4 Å². The third kappa shape index (κ3) is 3.77. The molecular weight excluding hydrogens is 298 g/mol. The summed E-state index contributed by atoms with van der Waals surface area (Å²) >= 11 is 3.57. The maximum atomic E-state index is 5.53. The highest BCUT2D eigenvalue weighted by molar-refractivity contribution is 8.01. The van der Waals surface area contributed by atoms with E-state index in [1.54, 1.807) is 11.3 Å². The number of thiazole rings is 1. The van der Waals surface area contributed by atoms with Gasteiger partial charge in [-0.05, 0) is 37.1 Å². The molecule has 0 unspecified atom stereocenters. The second-order valence-electron chi connectivity index (χ2n) is 4.63. The smallest absolute Gasteiger partial charge is 0.151 e. The number of ether oxygens (including phenoxy) is 1. The van der Waals surface area contributed by atoms with Crippen LogP contribution in [-0.2, 0) is 6.42 Å². The first kappa shape index (κ1) is 14.4. The summed E-state index contributed by atoms with van der Waals surface area (Å²) in [6.07, 6.45) is 1.08. The molecule has 0 radical (unpaired) electrons. The molecule has 3 rings (SSSR count). The highest BCUT2D eigenvalue weighted by Crippen LogP contribution is 2.32. The summed E-state index contributed by atoms with van der Waals surface area (Å²) in [5.41, 5.74) is 2.44. The van der Waals surface area contributed by atoms with Crippen molar-refractivity contribution >= 4 is 33.3 Å². The Labute approximate surface area is 133 Å². The Bertz CT molecular complexity index is 709. The summed E-state index contributed by atoms with van der Waals surface area (Å²) < 4.78 is 7.87. The van der Waals surface area contributed by atoms with E-state index in [0.717, 1.165) is 27.8 Å². The van der Waals surface area contributed by atoms with E-state index in [1.807, 2.05) is 30.8 Å². The van der Waals surface area contributed by atoms with Crippen molar-refractivity contribution in [1.82, 2.24) is 4.98 Å². The average molecular weight is 315 g/mol. The van der Waals surface area contributed by atoms with E-state index in [4.69, 9.17) is 4.74 Å². The molecule has 0 aliphatic rings. The van der Waals surface area contributed by atoms with Gasteiger partial charge in [0.25, 0.3) is 0 Å². The van der Waals surface area contributed by atoms with E-state index in [9.17, 15) is 0 Å². The predicted molar refractivity (Wildman–Crippen MR) is 91.7 cm³/mol. The van der Waals surface area contributed by atoms with Gasteiger partial charge < -0.3 is 4.74 Å². The lowest BCUT2D eigenvalue weighted by atomic mass is 10.2. The minimum atomic E-state index is 0.697. The van der Waals surface area contributed by atoms with Crippen LogP contribution < -0.4 is 4.74 Å². The van der Waals surface area contributed by atoms with Crippen molar-refractivity contribution in [3.63, 3.8) is 0 Å². The Morgan fingerprint density at radius 1 is 1.14 bits per heavy atom. The second-order valence-corrected chi connectivity index (χ2v) is 7.00. The largest absolute Gasteiger partial charge is 0.494 e. The fourth-order valence-corrected chi connectivity index (χ4v) is 4.26. The normalized spacial score (nSPS) is 10.9. The first-order valence-corrected chi connectivity index (χ1v) is 8.85. The summed E-state index contributed by atoms with van der Waals surface area (Å²) in [5, 5.41) is 0. The molecule has 21 heavy (non-hydrogen) atoms. The molecule has 0 amide bonds. The van der Waals surface area contributed by atoms with Crippen LogP contribution in [-0.4, -0.2) is 17.3 Å². The van der Waals surface area contributed by atoms with Gasteiger partial charge in [-0.1, -0.05) is 42.1 Å². The second kappa shape index (κ2) is 6.96. The summed E-state index contributed by atoms with van der Waals surface area (Å²) in [5.74, 6) is 1.98. The average Bonchev–Trinajstić information content (AvgIpc) is 2.91. The summed E-state index contributed by atoms with van der Waals surface area (Å²) in [6.45, 7) is 2.70. The van der Waals surface area contributed by atoms with Crippen LogP contribution >= 0.6 is 23.1 Å². The van der Waals surface area contributed by atoms with Crippen molar-refractivity contribution < 1.29 is 4.74 Å². The van der Waals surface area contributed by atoms with Gasteiger partial charge in [0.1, 0.15) is 5.75 Å². The number of thioether (sulfide) groups is 1. The zero-order chi connectivity index (χ0) is 14.5. The Hall–Kier alpha value is -1.52. The lowest BCUT2D eigenvalue weighted by molar-refractivity contribution is 0.341. The van der Waals surface area contributed by atoms with E-state index in [2.05, 4.69) is 41.4 Å². The molecule has 0 saturated carbocycles. The van der Waals surface area contributed by atoms with E-state index < -0.39 is 0 Å². The molecule has 108 valence electrons.